The third kappa shape index (κ3) is 8.28. The fourth-order valence-corrected chi connectivity index (χ4v) is 6.15. The number of nitrogens with one attached hydrogen (secondary N) is 1. The average Bonchev–Trinajstić information content (AvgIpc) is 3.00. The Balaban J connectivity index is 2.10. The second-order valence-electron chi connectivity index (χ2n) is 10.4. The molecular weight excluding hydrogens is 566 g/mol. The Labute approximate surface area is 255 Å². The van der Waals surface area contributed by atoms with Gasteiger partial charge in [-0.3, -0.25) is 13.9 Å². The Morgan fingerprint density at radius 3 is 2.19 bits per heavy atom. The molecule has 3 aromatic carbocycles. The summed E-state index contributed by atoms with van der Waals surface area (Å²) in [4.78, 5) is 29.2. The lowest BCUT2D eigenvalue weighted by molar-refractivity contribution is -0.140. The van der Waals surface area contributed by atoms with Gasteiger partial charge in [0.2, 0.25) is 11.8 Å². The van der Waals surface area contributed by atoms with Crippen LogP contribution in [0, 0.1) is 13.8 Å². The summed E-state index contributed by atoms with van der Waals surface area (Å²) >= 11 is 0. The lowest BCUT2D eigenvalue weighted by Gasteiger charge is -2.33. The first-order valence-corrected chi connectivity index (χ1v) is 15.9. The van der Waals surface area contributed by atoms with Crippen LogP contribution in [0.15, 0.2) is 71.6 Å². The number of hydrogen-bond acceptors (Lipinski definition) is 6. The smallest absolute Gasteiger partial charge is 0.264 e. The molecule has 2 amide bonds. The maximum absolute atomic E-state index is 14.3. The zero-order valence-corrected chi connectivity index (χ0v) is 26.7. The molecule has 1 N–H and O–H groups in total. The normalized spacial score (nSPS) is 11.9. The number of amides is 2. The van der Waals surface area contributed by atoms with Gasteiger partial charge in [-0.15, -0.1) is 0 Å². The molecule has 3 aromatic rings. The molecule has 0 saturated carbocycles. The van der Waals surface area contributed by atoms with Gasteiger partial charge >= 0.3 is 0 Å². The summed E-state index contributed by atoms with van der Waals surface area (Å²) in [5.41, 5.74) is 2.96. The van der Waals surface area contributed by atoms with Gasteiger partial charge in [0.25, 0.3) is 10.0 Å². The van der Waals surface area contributed by atoms with Crippen molar-refractivity contribution in [3.8, 4) is 11.5 Å². The molecule has 10 heteroatoms. The number of rotatable bonds is 15. The van der Waals surface area contributed by atoms with Crippen LogP contribution in [0.4, 0.5) is 5.69 Å². The van der Waals surface area contributed by atoms with E-state index in [1.54, 1.807) is 24.3 Å². The number of carbonyl (C=O) groups is 2. The fraction of sp³-hybridized carbons (Fsp3) is 0.394. The van der Waals surface area contributed by atoms with Crippen LogP contribution in [-0.2, 0) is 26.2 Å². The van der Waals surface area contributed by atoms with Crippen molar-refractivity contribution in [3.05, 3.63) is 83.4 Å². The van der Waals surface area contributed by atoms with Gasteiger partial charge in [-0.1, -0.05) is 62.2 Å². The summed E-state index contributed by atoms with van der Waals surface area (Å²) in [5.74, 6) is -0.0422. The number of carbonyl (C=O) groups excluding carboxylic acids is 2. The lowest BCUT2D eigenvalue weighted by Crippen LogP contribution is -2.52. The van der Waals surface area contributed by atoms with Crippen LogP contribution in [0.2, 0.25) is 0 Å². The Morgan fingerprint density at radius 1 is 0.907 bits per heavy atom. The van der Waals surface area contributed by atoms with Crippen LogP contribution in [0.1, 0.15) is 49.8 Å². The molecule has 0 unspecified atom stereocenters. The molecule has 232 valence electrons. The van der Waals surface area contributed by atoms with Crippen LogP contribution >= 0.6 is 0 Å². The predicted molar refractivity (Wildman–Crippen MR) is 169 cm³/mol. The molecule has 0 aliphatic carbocycles. The van der Waals surface area contributed by atoms with Crippen LogP contribution in [-0.4, -0.2) is 58.5 Å². The van der Waals surface area contributed by atoms with E-state index in [1.165, 1.54) is 37.3 Å². The minimum Gasteiger partial charge on any atom is -0.493 e. The molecule has 9 nitrogen and oxygen atoms in total. The van der Waals surface area contributed by atoms with Gasteiger partial charge in [-0.25, -0.2) is 8.42 Å². The molecule has 0 heterocycles. The van der Waals surface area contributed by atoms with E-state index in [-0.39, 0.29) is 23.0 Å². The summed E-state index contributed by atoms with van der Waals surface area (Å²) in [6, 6.07) is 18.0. The average molecular weight is 610 g/mol. The van der Waals surface area contributed by atoms with Crippen LogP contribution in [0.25, 0.3) is 0 Å². The number of sulfonamides is 1. The van der Waals surface area contributed by atoms with Gasteiger partial charge in [-0.2, -0.15) is 0 Å². The monoisotopic (exact) mass is 609 g/mol. The number of ether oxygens (including phenoxy) is 2. The van der Waals surface area contributed by atoms with Crippen molar-refractivity contribution in [2.24, 2.45) is 0 Å². The minimum atomic E-state index is -4.21. The van der Waals surface area contributed by atoms with Gasteiger partial charge in [-0.05, 0) is 62.1 Å². The zero-order valence-electron chi connectivity index (χ0n) is 25.9. The molecular formula is C33H43N3O6S. The maximum Gasteiger partial charge on any atom is 0.264 e. The zero-order chi connectivity index (χ0) is 31.6. The highest BCUT2D eigenvalue weighted by Crippen LogP contribution is 2.34. The minimum absolute atomic E-state index is 0.0375. The molecule has 0 fully saturated rings. The molecule has 0 aliphatic rings. The van der Waals surface area contributed by atoms with E-state index in [9.17, 15) is 18.0 Å². The van der Waals surface area contributed by atoms with Crippen LogP contribution in [0.5, 0.6) is 11.5 Å². The second-order valence-corrected chi connectivity index (χ2v) is 12.2. The van der Waals surface area contributed by atoms with Crippen molar-refractivity contribution in [2.75, 3.05) is 31.6 Å². The Hall–Kier alpha value is -4.05. The van der Waals surface area contributed by atoms with Gasteiger partial charge in [0.1, 0.15) is 12.6 Å². The van der Waals surface area contributed by atoms with E-state index in [1.807, 2.05) is 52.0 Å². The number of aryl methyl sites for hydroxylation is 2. The fourth-order valence-electron chi connectivity index (χ4n) is 4.74. The molecule has 0 spiro atoms. The number of anilines is 1. The highest BCUT2D eigenvalue weighted by molar-refractivity contribution is 7.92. The van der Waals surface area contributed by atoms with E-state index in [2.05, 4.69) is 5.32 Å². The first kappa shape index (κ1) is 33.5. The van der Waals surface area contributed by atoms with Gasteiger partial charge in [0.15, 0.2) is 11.5 Å². The third-order valence-corrected chi connectivity index (χ3v) is 9.15. The Morgan fingerprint density at radius 2 is 1.58 bits per heavy atom. The summed E-state index contributed by atoms with van der Waals surface area (Å²) in [5, 5.41) is 2.95. The molecule has 43 heavy (non-hydrogen) atoms. The van der Waals surface area contributed by atoms with Crippen molar-refractivity contribution >= 4 is 27.5 Å². The van der Waals surface area contributed by atoms with Crippen molar-refractivity contribution in [1.82, 2.24) is 10.2 Å². The Bertz CT molecular complexity index is 1490. The Kier molecular flexibility index (Phi) is 12.0. The van der Waals surface area contributed by atoms with Crippen molar-refractivity contribution in [3.63, 3.8) is 0 Å². The standard InChI is InChI=1S/C33H43N3O6S/c1-7-9-20-34-33(38)29(8-2)35(22-26-13-11-10-12-25(26)4)32(37)23-36(27-16-19-30(41-5)31(21-27)42-6)43(39,40)28-17-14-24(3)15-18-28/h10-19,21,29H,7-9,20,22-23H2,1-6H3,(H,34,38)/t29-/m0/s1. The highest BCUT2D eigenvalue weighted by atomic mass is 32.2. The number of methoxy groups -OCH3 is 2. The van der Waals surface area contributed by atoms with Gasteiger partial charge in [0.05, 0.1) is 24.8 Å². The predicted octanol–water partition coefficient (Wildman–Crippen LogP) is 5.24. The second kappa shape index (κ2) is 15.4. The van der Waals surface area contributed by atoms with Crippen molar-refractivity contribution in [2.45, 2.75) is 64.4 Å². The maximum atomic E-state index is 14.3. The summed E-state index contributed by atoms with van der Waals surface area (Å²) < 4.78 is 40.1. The molecule has 3 rings (SSSR count). The largest absolute Gasteiger partial charge is 0.493 e. The third-order valence-electron chi connectivity index (χ3n) is 7.36. The summed E-state index contributed by atoms with van der Waals surface area (Å²) in [6.07, 6.45) is 2.09. The van der Waals surface area contributed by atoms with E-state index in [0.717, 1.165) is 33.8 Å². The molecule has 0 aromatic heterocycles. The molecule has 1 atom stereocenters. The van der Waals surface area contributed by atoms with E-state index in [0.29, 0.717) is 24.5 Å². The van der Waals surface area contributed by atoms with Crippen LogP contribution in [0.3, 0.4) is 0 Å². The number of hydrogen-bond donors (Lipinski definition) is 1. The van der Waals surface area contributed by atoms with Gasteiger partial charge in [0, 0.05) is 19.2 Å². The molecule has 0 saturated heterocycles. The molecule has 0 radical (unpaired) electrons. The summed E-state index contributed by atoms with van der Waals surface area (Å²) in [6.45, 7) is 7.81. The summed E-state index contributed by atoms with van der Waals surface area (Å²) in [7, 11) is -1.26. The van der Waals surface area contributed by atoms with E-state index in [4.69, 9.17) is 9.47 Å². The number of nitrogens with zero attached hydrogens (tertiary/aromatic N) is 2. The lowest BCUT2D eigenvalue weighted by atomic mass is 10.1. The van der Waals surface area contributed by atoms with E-state index >= 15 is 0 Å². The molecule has 0 aliphatic heterocycles. The first-order valence-electron chi connectivity index (χ1n) is 14.5. The quantitative estimate of drug-likeness (QED) is 0.236. The first-order chi connectivity index (χ1) is 20.6. The topological polar surface area (TPSA) is 105 Å². The highest BCUT2D eigenvalue weighted by Gasteiger charge is 2.34. The molecule has 0 bridgehead atoms. The number of benzene rings is 3. The van der Waals surface area contributed by atoms with E-state index < -0.39 is 28.5 Å². The van der Waals surface area contributed by atoms with Crippen LogP contribution < -0.4 is 19.1 Å². The SMILES string of the molecule is CCCCNC(=O)[C@H](CC)N(Cc1ccccc1C)C(=O)CN(c1ccc(OC)c(OC)c1)S(=O)(=O)c1ccc(C)cc1. The number of unbranched alkanes of at least 4 members (excludes halogenated alkanes) is 1. The van der Waals surface area contributed by atoms with Crippen molar-refractivity contribution < 1.29 is 27.5 Å². The van der Waals surface area contributed by atoms with Gasteiger partial charge < -0.3 is 19.7 Å². The van der Waals surface area contributed by atoms with Crippen molar-refractivity contribution in [1.29, 1.82) is 0 Å².